The summed E-state index contributed by atoms with van der Waals surface area (Å²) < 4.78 is 6.83. The molecule has 1 aliphatic carbocycles. The maximum Gasteiger partial charge on any atom is 0.341 e. The standard InChI is InChI=1S/C14H20N2O2/c1-2-18-14(17)12-10-15-16(11-12)13-8-6-4-3-5-7-9-13/h6,8,10-11,13H,2-5,7,9H2,1H3/b8-6+. The number of aromatic nitrogens is 2. The molecule has 0 spiro atoms. The van der Waals surface area contributed by atoms with Gasteiger partial charge in [0.2, 0.25) is 0 Å². The molecule has 0 N–H and O–H groups in total. The van der Waals surface area contributed by atoms with Crippen LogP contribution in [-0.4, -0.2) is 22.4 Å². The predicted molar refractivity (Wildman–Crippen MR) is 69.4 cm³/mol. The third-order valence-corrected chi connectivity index (χ3v) is 3.18. The van der Waals surface area contributed by atoms with Gasteiger partial charge in [-0.2, -0.15) is 5.10 Å². The number of carbonyl (C=O) groups is 1. The molecular formula is C14H20N2O2. The molecule has 0 aliphatic heterocycles. The van der Waals surface area contributed by atoms with E-state index in [1.165, 1.54) is 19.3 Å². The van der Waals surface area contributed by atoms with Gasteiger partial charge in [0.25, 0.3) is 0 Å². The van der Waals surface area contributed by atoms with Gasteiger partial charge in [0.1, 0.15) is 0 Å². The van der Waals surface area contributed by atoms with Crippen LogP contribution in [0.25, 0.3) is 0 Å². The molecule has 0 saturated heterocycles. The molecule has 1 atom stereocenters. The molecule has 1 aromatic rings. The summed E-state index contributed by atoms with van der Waals surface area (Å²) in [6.45, 7) is 2.20. The molecule has 0 bridgehead atoms. The number of nitrogens with zero attached hydrogens (tertiary/aromatic N) is 2. The highest BCUT2D eigenvalue weighted by Crippen LogP contribution is 2.21. The van der Waals surface area contributed by atoms with Crippen molar-refractivity contribution in [2.45, 2.75) is 45.1 Å². The van der Waals surface area contributed by atoms with Gasteiger partial charge in [-0.1, -0.05) is 25.0 Å². The van der Waals surface area contributed by atoms with E-state index in [1.807, 2.05) is 4.68 Å². The van der Waals surface area contributed by atoms with Crippen LogP contribution in [-0.2, 0) is 4.74 Å². The van der Waals surface area contributed by atoms with Crippen LogP contribution in [0.15, 0.2) is 24.5 Å². The summed E-state index contributed by atoms with van der Waals surface area (Å²) >= 11 is 0. The van der Waals surface area contributed by atoms with Crippen LogP contribution < -0.4 is 0 Å². The van der Waals surface area contributed by atoms with Crippen LogP contribution >= 0.6 is 0 Å². The Morgan fingerprint density at radius 2 is 2.39 bits per heavy atom. The smallest absolute Gasteiger partial charge is 0.341 e. The maximum atomic E-state index is 11.6. The average Bonchev–Trinajstić information content (AvgIpc) is 2.78. The molecule has 0 aromatic carbocycles. The van der Waals surface area contributed by atoms with E-state index in [0.29, 0.717) is 12.2 Å². The Bertz CT molecular complexity index is 423. The normalized spacial score (nSPS) is 21.9. The van der Waals surface area contributed by atoms with Crippen LogP contribution in [0.2, 0.25) is 0 Å². The lowest BCUT2D eigenvalue weighted by Crippen LogP contribution is -2.08. The van der Waals surface area contributed by atoms with Crippen LogP contribution in [0.1, 0.15) is 55.4 Å². The lowest BCUT2D eigenvalue weighted by atomic mass is 10.0. The van der Waals surface area contributed by atoms with E-state index < -0.39 is 0 Å². The maximum absolute atomic E-state index is 11.6. The Morgan fingerprint density at radius 3 is 3.22 bits per heavy atom. The van der Waals surface area contributed by atoms with Gasteiger partial charge in [0.05, 0.1) is 24.4 Å². The van der Waals surface area contributed by atoms with E-state index in [4.69, 9.17) is 4.74 Å². The number of rotatable bonds is 3. The molecule has 1 heterocycles. The minimum atomic E-state index is -0.293. The topological polar surface area (TPSA) is 44.1 Å². The number of hydrogen-bond donors (Lipinski definition) is 0. The fourth-order valence-electron chi connectivity index (χ4n) is 2.20. The summed E-state index contributed by atoms with van der Waals surface area (Å²) in [5, 5.41) is 4.28. The second-order valence-corrected chi connectivity index (χ2v) is 4.56. The Balaban J connectivity index is 2.08. The lowest BCUT2D eigenvalue weighted by molar-refractivity contribution is 0.0526. The minimum Gasteiger partial charge on any atom is -0.462 e. The monoisotopic (exact) mass is 248 g/mol. The number of esters is 1. The number of ether oxygens (including phenoxy) is 1. The molecule has 1 aromatic heterocycles. The molecule has 4 nitrogen and oxygen atoms in total. The number of hydrogen-bond acceptors (Lipinski definition) is 3. The summed E-state index contributed by atoms with van der Waals surface area (Å²) in [4.78, 5) is 11.6. The first-order chi connectivity index (χ1) is 8.81. The fraction of sp³-hybridized carbons (Fsp3) is 0.571. The second kappa shape index (κ2) is 6.38. The molecule has 1 aliphatic rings. The number of carbonyl (C=O) groups excluding carboxylic acids is 1. The Kier molecular flexibility index (Phi) is 4.56. The van der Waals surface area contributed by atoms with E-state index >= 15 is 0 Å². The van der Waals surface area contributed by atoms with Crippen molar-refractivity contribution in [3.63, 3.8) is 0 Å². The van der Waals surface area contributed by atoms with Crippen LogP contribution in [0.3, 0.4) is 0 Å². The second-order valence-electron chi connectivity index (χ2n) is 4.56. The van der Waals surface area contributed by atoms with Crippen molar-refractivity contribution in [1.29, 1.82) is 0 Å². The summed E-state index contributed by atoms with van der Waals surface area (Å²) in [7, 11) is 0. The molecule has 0 radical (unpaired) electrons. The van der Waals surface area contributed by atoms with Gasteiger partial charge in [-0.25, -0.2) is 4.79 Å². The molecule has 4 heteroatoms. The average molecular weight is 248 g/mol. The third-order valence-electron chi connectivity index (χ3n) is 3.18. The molecule has 0 saturated carbocycles. The van der Waals surface area contributed by atoms with Gasteiger partial charge in [0.15, 0.2) is 0 Å². The van der Waals surface area contributed by atoms with E-state index in [9.17, 15) is 4.79 Å². The zero-order valence-corrected chi connectivity index (χ0v) is 10.8. The Hall–Kier alpha value is -1.58. The van der Waals surface area contributed by atoms with E-state index in [-0.39, 0.29) is 12.0 Å². The van der Waals surface area contributed by atoms with Gasteiger partial charge >= 0.3 is 5.97 Å². The first-order valence-electron chi connectivity index (χ1n) is 6.69. The van der Waals surface area contributed by atoms with E-state index in [2.05, 4.69) is 17.3 Å². The van der Waals surface area contributed by atoms with Crippen molar-refractivity contribution < 1.29 is 9.53 Å². The quantitative estimate of drug-likeness (QED) is 0.609. The van der Waals surface area contributed by atoms with Crippen molar-refractivity contribution in [3.05, 3.63) is 30.1 Å². The van der Waals surface area contributed by atoms with E-state index in [0.717, 1.165) is 12.8 Å². The minimum absolute atomic E-state index is 0.272. The molecule has 1 unspecified atom stereocenters. The van der Waals surface area contributed by atoms with Crippen molar-refractivity contribution >= 4 is 5.97 Å². The van der Waals surface area contributed by atoms with Crippen LogP contribution in [0, 0.1) is 0 Å². The van der Waals surface area contributed by atoms with Gasteiger partial charge in [-0.05, 0) is 26.2 Å². The molecule has 2 rings (SSSR count). The van der Waals surface area contributed by atoms with Gasteiger partial charge in [0, 0.05) is 6.20 Å². The van der Waals surface area contributed by atoms with Gasteiger partial charge in [-0.15, -0.1) is 0 Å². The summed E-state index contributed by atoms with van der Waals surface area (Å²) in [6.07, 6.45) is 13.8. The third kappa shape index (κ3) is 3.22. The Labute approximate surface area is 108 Å². The van der Waals surface area contributed by atoms with Crippen LogP contribution in [0.5, 0.6) is 0 Å². The predicted octanol–water partition coefficient (Wildman–Crippen LogP) is 3.12. The van der Waals surface area contributed by atoms with Crippen molar-refractivity contribution in [3.8, 4) is 0 Å². The zero-order chi connectivity index (χ0) is 12.8. The van der Waals surface area contributed by atoms with E-state index in [1.54, 1.807) is 19.3 Å². The first kappa shape index (κ1) is 12.9. The molecular weight excluding hydrogens is 228 g/mol. The molecule has 98 valence electrons. The summed E-state index contributed by atoms with van der Waals surface area (Å²) in [5.41, 5.74) is 0.535. The zero-order valence-electron chi connectivity index (χ0n) is 10.8. The van der Waals surface area contributed by atoms with Crippen molar-refractivity contribution in [2.24, 2.45) is 0 Å². The highest BCUT2D eigenvalue weighted by Gasteiger charge is 2.14. The highest BCUT2D eigenvalue weighted by molar-refractivity contribution is 5.88. The fourth-order valence-corrected chi connectivity index (χ4v) is 2.20. The van der Waals surface area contributed by atoms with Crippen molar-refractivity contribution in [1.82, 2.24) is 9.78 Å². The lowest BCUT2D eigenvalue weighted by Gasteiger charge is -2.15. The van der Waals surface area contributed by atoms with Crippen molar-refractivity contribution in [2.75, 3.05) is 6.61 Å². The van der Waals surface area contributed by atoms with Gasteiger partial charge < -0.3 is 4.74 Å². The number of allylic oxidation sites excluding steroid dienone is 2. The first-order valence-corrected chi connectivity index (χ1v) is 6.69. The highest BCUT2D eigenvalue weighted by atomic mass is 16.5. The summed E-state index contributed by atoms with van der Waals surface area (Å²) in [5.74, 6) is -0.293. The molecule has 0 amide bonds. The molecule has 0 fully saturated rings. The van der Waals surface area contributed by atoms with Crippen LogP contribution in [0.4, 0.5) is 0 Å². The molecule has 18 heavy (non-hydrogen) atoms. The Morgan fingerprint density at radius 1 is 1.50 bits per heavy atom. The SMILES string of the molecule is CCOC(=O)c1cnn(C2/C=C/CCCCC2)c1. The summed E-state index contributed by atoms with van der Waals surface area (Å²) in [6, 6.07) is 0.272. The largest absolute Gasteiger partial charge is 0.462 e. The van der Waals surface area contributed by atoms with Gasteiger partial charge in [-0.3, -0.25) is 4.68 Å².